The van der Waals surface area contributed by atoms with Gasteiger partial charge in [0.05, 0.1) is 5.02 Å². The fourth-order valence-corrected chi connectivity index (χ4v) is 1.29. The second-order valence-electron chi connectivity index (χ2n) is 3.12. The van der Waals surface area contributed by atoms with Crippen molar-refractivity contribution in [2.75, 3.05) is 25.0 Å². The lowest BCUT2D eigenvalue weighted by molar-refractivity contribution is 0.622. The first-order valence-corrected chi connectivity index (χ1v) is 5.37. The molecule has 0 amide bonds. The van der Waals surface area contributed by atoms with Crippen LogP contribution < -0.4 is 10.6 Å². The van der Waals surface area contributed by atoms with Gasteiger partial charge in [0.15, 0.2) is 11.6 Å². The third-order valence-corrected chi connectivity index (χ3v) is 2.09. The van der Waals surface area contributed by atoms with Gasteiger partial charge in [-0.2, -0.15) is 0 Å². The molecule has 0 bridgehead atoms. The number of aromatic nitrogens is 1. The Hall–Kier alpha value is -0.870. The molecule has 0 atom stereocenters. The summed E-state index contributed by atoms with van der Waals surface area (Å²) in [4.78, 5) is 3.86. The van der Waals surface area contributed by atoms with E-state index in [2.05, 4.69) is 15.6 Å². The van der Waals surface area contributed by atoms with Gasteiger partial charge < -0.3 is 10.6 Å². The van der Waals surface area contributed by atoms with Crippen LogP contribution in [-0.4, -0.2) is 24.6 Å². The third-order valence-electron chi connectivity index (χ3n) is 1.88. The lowest BCUT2D eigenvalue weighted by Gasteiger charge is -2.06. The average Bonchev–Trinajstić information content (AvgIpc) is 2.20. The minimum Gasteiger partial charge on any atom is -0.368 e. The van der Waals surface area contributed by atoms with Crippen LogP contribution in [0.15, 0.2) is 12.3 Å². The second kappa shape index (κ2) is 6.58. The Morgan fingerprint density at radius 3 is 2.93 bits per heavy atom. The van der Waals surface area contributed by atoms with Gasteiger partial charge in [-0.25, -0.2) is 9.37 Å². The molecule has 0 aliphatic rings. The van der Waals surface area contributed by atoms with Gasteiger partial charge in [-0.3, -0.25) is 0 Å². The standard InChI is InChI=1S/C10H15ClFN3/c1-2-13-4-3-5-14-10-9(12)6-8(11)7-15-10/h6-7,13H,2-5H2,1H3,(H,14,15). The molecule has 1 aromatic heterocycles. The maximum atomic E-state index is 13.2. The number of anilines is 1. The van der Waals surface area contributed by atoms with E-state index in [1.54, 1.807) is 0 Å². The number of nitrogens with zero attached hydrogens (tertiary/aromatic N) is 1. The Morgan fingerprint density at radius 1 is 1.47 bits per heavy atom. The van der Waals surface area contributed by atoms with Crippen molar-refractivity contribution in [3.05, 3.63) is 23.1 Å². The van der Waals surface area contributed by atoms with E-state index in [4.69, 9.17) is 11.6 Å². The Balaban J connectivity index is 2.31. The van der Waals surface area contributed by atoms with Crippen LogP contribution in [0.3, 0.4) is 0 Å². The predicted molar refractivity (Wildman–Crippen MR) is 60.9 cm³/mol. The Morgan fingerprint density at radius 2 is 2.27 bits per heavy atom. The van der Waals surface area contributed by atoms with Crippen molar-refractivity contribution in [2.24, 2.45) is 0 Å². The van der Waals surface area contributed by atoms with Crippen LogP contribution in [0, 0.1) is 5.82 Å². The van der Waals surface area contributed by atoms with Crippen molar-refractivity contribution in [1.82, 2.24) is 10.3 Å². The van der Waals surface area contributed by atoms with E-state index in [9.17, 15) is 4.39 Å². The molecule has 0 aliphatic carbocycles. The van der Waals surface area contributed by atoms with Crippen molar-refractivity contribution < 1.29 is 4.39 Å². The molecule has 0 aromatic carbocycles. The van der Waals surface area contributed by atoms with E-state index in [1.807, 2.05) is 6.92 Å². The largest absolute Gasteiger partial charge is 0.368 e. The van der Waals surface area contributed by atoms with E-state index in [0.717, 1.165) is 19.5 Å². The number of hydrogen-bond donors (Lipinski definition) is 2. The van der Waals surface area contributed by atoms with Crippen LogP contribution in [0.25, 0.3) is 0 Å². The first kappa shape index (κ1) is 12.2. The molecule has 0 unspecified atom stereocenters. The highest BCUT2D eigenvalue weighted by Gasteiger charge is 2.02. The lowest BCUT2D eigenvalue weighted by atomic mass is 10.4. The van der Waals surface area contributed by atoms with E-state index in [1.165, 1.54) is 12.3 Å². The van der Waals surface area contributed by atoms with Gasteiger partial charge in [-0.1, -0.05) is 18.5 Å². The highest BCUT2D eigenvalue weighted by atomic mass is 35.5. The molecule has 0 fully saturated rings. The zero-order chi connectivity index (χ0) is 11.1. The first-order chi connectivity index (χ1) is 7.24. The molecule has 0 radical (unpaired) electrons. The van der Waals surface area contributed by atoms with Crippen molar-refractivity contribution in [3.8, 4) is 0 Å². The normalized spacial score (nSPS) is 10.3. The molecule has 0 saturated carbocycles. The number of halogens is 2. The van der Waals surface area contributed by atoms with Gasteiger partial charge in [-0.15, -0.1) is 0 Å². The van der Waals surface area contributed by atoms with Gasteiger partial charge >= 0.3 is 0 Å². The van der Waals surface area contributed by atoms with Crippen molar-refractivity contribution in [1.29, 1.82) is 0 Å². The maximum Gasteiger partial charge on any atom is 0.166 e. The summed E-state index contributed by atoms with van der Waals surface area (Å²) >= 11 is 5.58. The number of nitrogens with one attached hydrogen (secondary N) is 2. The number of rotatable bonds is 6. The van der Waals surface area contributed by atoms with Gasteiger partial charge in [0.25, 0.3) is 0 Å². The fourth-order valence-electron chi connectivity index (χ4n) is 1.14. The van der Waals surface area contributed by atoms with Gasteiger partial charge in [0, 0.05) is 12.7 Å². The smallest absolute Gasteiger partial charge is 0.166 e. The summed E-state index contributed by atoms with van der Waals surface area (Å²) in [5.41, 5.74) is 0. The van der Waals surface area contributed by atoms with Crippen LogP contribution in [-0.2, 0) is 0 Å². The first-order valence-electron chi connectivity index (χ1n) is 4.99. The van der Waals surface area contributed by atoms with Gasteiger partial charge in [-0.05, 0) is 25.6 Å². The lowest BCUT2D eigenvalue weighted by Crippen LogP contribution is -2.17. The van der Waals surface area contributed by atoms with Crippen LogP contribution in [0.4, 0.5) is 10.2 Å². The SMILES string of the molecule is CCNCCCNc1ncc(Cl)cc1F. The Kier molecular flexibility index (Phi) is 5.36. The fraction of sp³-hybridized carbons (Fsp3) is 0.500. The summed E-state index contributed by atoms with van der Waals surface area (Å²) < 4.78 is 13.2. The van der Waals surface area contributed by atoms with E-state index >= 15 is 0 Å². The van der Waals surface area contributed by atoms with Gasteiger partial charge in [0.1, 0.15) is 0 Å². The molecule has 5 heteroatoms. The minimum atomic E-state index is -0.411. The monoisotopic (exact) mass is 231 g/mol. The van der Waals surface area contributed by atoms with Crippen molar-refractivity contribution in [3.63, 3.8) is 0 Å². The average molecular weight is 232 g/mol. The number of hydrogen-bond acceptors (Lipinski definition) is 3. The molecule has 2 N–H and O–H groups in total. The molecule has 1 heterocycles. The molecule has 0 saturated heterocycles. The summed E-state index contributed by atoms with van der Waals surface area (Å²) in [6.07, 6.45) is 2.36. The Bertz CT molecular complexity index is 307. The summed E-state index contributed by atoms with van der Waals surface area (Å²) in [7, 11) is 0. The van der Waals surface area contributed by atoms with Crippen LogP contribution >= 0.6 is 11.6 Å². The van der Waals surface area contributed by atoms with Crippen LogP contribution in [0.2, 0.25) is 5.02 Å². The molecule has 15 heavy (non-hydrogen) atoms. The zero-order valence-corrected chi connectivity index (χ0v) is 9.44. The second-order valence-corrected chi connectivity index (χ2v) is 3.55. The molecular weight excluding hydrogens is 217 g/mol. The molecule has 3 nitrogen and oxygen atoms in total. The molecule has 84 valence electrons. The van der Waals surface area contributed by atoms with Crippen molar-refractivity contribution in [2.45, 2.75) is 13.3 Å². The van der Waals surface area contributed by atoms with Gasteiger partial charge in [0.2, 0.25) is 0 Å². The summed E-state index contributed by atoms with van der Waals surface area (Å²) in [6.45, 7) is 4.61. The summed E-state index contributed by atoms with van der Waals surface area (Å²) in [5.74, 6) is -0.151. The van der Waals surface area contributed by atoms with Crippen molar-refractivity contribution >= 4 is 17.4 Å². The summed E-state index contributed by atoms with van der Waals surface area (Å²) in [6, 6.07) is 1.25. The number of pyridine rings is 1. The molecule has 1 aromatic rings. The molecule has 1 rings (SSSR count). The molecule has 0 spiro atoms. The Labute approximate surface area is 94.0 Å². The van der Waals surface area contributed by atoms with E-state index in [-0.39, 0.29) is 5.82 Å². The van der Waals surface area contributed by atoms with Crippen LogP contribution in [0.1, 0.15) is 13.3 Å². The van der Waals surface area contributed by atoms with Crippen LogP contribution in [0.5, 0.6) is 0 Å². The minimum absolute atomic E-state index is 0.260. The zero-order valence-electron chi connectivity index (χ0n) is 8.69. The molecular formula is C10H15ClFN3. The third kappa shape index (κ3) is 4.44. The van der Waals surface area contributed by atoms with E-state index in [0.29, 0.717) is 11.6 Å². The topological polar surface area (TPSA) is 37.0 Å². The maximum absolute atomic E-state index is 13.2. The summed E-state index contributed by atoms with van der Waals surface area (Å²) in [5, 5.41) is 6.41. The predicted octanol–water partition coefficient (Wildman–Crippen LogP) is 2.29. The molecule has 0 aliphatic heterocycles. The quantitative estimate of drug-likeness (QED) is 0.738. The highest BCUT2D eigenvalue weighted by Crippen LogP contribution is 2.14. The van der Waals surface area contributed by atoms with E-state index < -0.39 is 5.82 Å². The highest BCUT2D eigenvalue weighted by molar-refractivity contribution is 6.30.